The van der Waals surface area contributed by atoms with Crippen LogP contribution in [-0.2, 0) is 27.7 Å². The Morgan fingerprint density at radius 2 is 2.00 bits per heavy atom. The lowest BCUT2D eigenvalue weighted by Crippen LogP contribution is -2.29. The molecule has 0 spiro atoms. The minimum absolute atomic E-state index is 0.103. The molecule has 1 atom stereocenters. The van der Waals surface area contributed by atoms with Gasteiger partial charge < -0.3 is 5.32 Å². The predicted molar refractivity (Wildman–Crippen MR) is 111 cm³/mol. The molecule has 2 aromatic rings. The topological polar surface area (TPSA) is 88.2 Å². The number of rotatable bonds is 8. The minimum Gasteiger partial charge on any atom is -0.347 e. The van der Waals surface area contributed by atoms with Crippen molar-refractivity contribution in [2.75, 3.05) is 6.54 Å². The summed E-state index contributed by atoms with van der Waals surface area (Å²) in [6.45, 7) is 4.05. The second-order valence-electron chi connectivity index (χ2n) is 7.26. The fraction of sp³-hybridized carbons (Fsp3) is 0.500. The van der Waals surface area contributed by atoms with Crippen LogP contribution >= 0.6 is 11.3 Å². The quantitative estimate of drug-likeness (QED) is 0.641. The smallest absolute Gasteiger partial charge is 0.240 e. The van der Waals surface area contributed by atoms with Gasteiger partial charge in [0.25, 0.3) is 0 Å². The van der Waals surface area contributed by atoms with E-state index in [1.807, 2.05) is 25.3 Å². The van der Waals surface area contributed by atoms with Gasteiger partial charge in [-0.2, -0.15) is 0 Å². The summed E-state index contributed by atoms with van der Waals surface area (Å²) >= 11 is 1.52. The first-order valence-electron chi connectivity index (χ1n) is 9.68. The molecule has 0 radical (unpaired) electrons. The highest BCUT2D eigenvalue weighted by atomic mass is 32.2. The zero-order valence-corrected chi connectivity index (χ0v) is 18.0. The van der Waals surface area contributed by atoms with Gasteiger partial charge in [0.1, 0.15) is 5.01 Å². The monoisotopic (exact) mass is 421 g/mol. The fourth-order valence-corrected chi connectivity index (χ4v) is 5.29. The molecular weight excluding hydrogens is 394 g/mol. The molecule has 8 heteroatoms. The molecule has 0 bridgehead atoms. The second kappa shape index (κ2) is 9.15. The molecule has 1 heterocycles. The van der Waals surface area contributed by atoms with E-state index in [4.69, 9.17) is 0 Å². The van der Waals surface area contributed by atoms with E-state index in [-0.39, 0.29) is 24.9 Å². The van der Waals surface area contributed by atoms with Crippen LogP contribution < -0.4 is 10.0 Å². The molecule has 1 unspecified atom stereocenters. The number of nitrogens with one attached hydrogen (secondary N) is 2. The first-order chi connectivity index (χ1) is 13.3. The van der Waals surface area contributed by atoms with Crippen LogP contribution in [0, 0.1) is 6.92 Å². The standard InChI is InChI=1S/C20H27N3O3S2/c1-14-13-27-20(22-14)15(2)23-19(24)8-5-11-21-28(25,26)18-10-9-16-6-3-4-7-17(16)12-18/h9-10,12-13,15,21H,3-8,11H2,1-2H3,(H,23,24). The number of benzene rings is 1. The van der Waals surface area contributed by atoms with E-state index in [9.17, 15) is 13.2 Å². The fourth-order valence-electron chi connectivity index (χ4n) is 3.36. The van der Waals surface area contributed by atoms with Gasteiger partial charge in [0, 0.05) is 24.0 Å². The molecule has 0 fully saturated rings. The van der Waals surface area contributed by atoms with Crippen molar-refractivity contribution < 1.29 is 13.2 Å². The van der Waals surface area contributed by atoms with Crippen LogP contribution in [0.2, 0.25) is 0 Å². The van der Waals surface area contributed by atoms with Gasteiger partial charge in [-0.15, -0.1) is 11.3 Å². The third kappa shape index (κ3) is 5.40. The van der Waals surface area contributed by atoms with E-state index in [0.29, 0.717) is 11.3 Å². The van der Waals surface area contributed by atoms with Crippen molar-refractivity contribution in [2.24, 2.45) is 0 Å². The van der Waals surface area contributed by atoms with Crippen molar-refractivity contribution in [3.8, 4) is 0 Å². The average molecular weight is 422 g/mol. The Bertz CT molecular complexity index is 938. The largest absolute Gasteiger partial charge is 0.347 e. The maximum atomic E-state index is 12.5. The Morgan fingerprint density at radius 3 is 2.71 bits per heavy atom. The molecule has 0 saturated heterocycles. The van der Waals surface area contributed by atoms with Crippen molar-refractivity contribution in [3.05, 3.63) is 45.4 Å². The van der Waals surface area contributed by atoms with Crippen molar-refractivity contribution in [2.45, 2.75) is 63.3 Å². The van der Waals surface area contributed by atoms with Crippen molar-refractivity contribution in [1.82, 2.24) is 15.0 Å². The summed E-state index contributed by atoms with van der Waals surface area (Å²) in [6.07, 6.45) is 4.95. The number of carbonyl (C=O) groups is 1. The van der Waals surface area contributed by atoms with Crippen molar-refractivity contribution in [1.29, 1.82) is 0 Å². The third-order valence-corrected chi connectivity index (χ3v) is 7.49. The maximum absolute atomic E-state index is 12.5. The molecule has 1 aliphatic carbocycles. The van der Waals surface area contributed by atoms with E-state index >= 15 is 0 Å². The number of hydrogen-bond acceptors (Lipinski definition) is 5. The SMILES string of the molecule is Cc1csc(C(C)NC(=O)CCCNS(=O)(=O)c2ccc3c(c2)CCCC3)n1. The minimum atomic E-state index is -3.55. The Morgan fingerprint density at radius 1 is 1.25 bits per heavy atom. The summed E-state index contributed by atoms with van der Waals surface area (Å²) in [5.74, 6) is -0.103. The second-order valence-corrected chi connectivity index (χ2v) is 9.91. The van der Waals surface area contributed by atoms with Crippen molar-refractivity contribution >= 4 is 27.3 Å². The third-order valence-electron chi connectivity index (χ3n) is 4.89. The van der Waals surface area contributed by atoms with Gasteiger partial charge in [0.2, 0.25) is 15.9 Å². The Labute approximate surface area is 170 Å². The number of fused-ring (bicyclic) bond motifs is 1. The summed E-state index contributed by atoms with van der Waals surface area (Å²) in [5.41, 5.74) is 3.34. The molecule has 6 nitrogen and oxygen atoms in total. The number of amides is 1. The van der Waals surface area contributed by atoms with Gasteiger partial charge in [-0.05, 0) is 69.2 Å². The number of carbonyl (C=O) groups excluding carboxylic acids is 1. The Balaban J connectivity index is 1.45. The van der Waals surface area contributed by atoms with Crippen LogP contribution in [0.5, 0.6) is 0 Å². The summed E-state index contributed by atoms with van der Waals surface area (Å²) < 4.78 is 27.6. The van der Waals surface area contributed by atoms with E-state index in [2.05, 4.69) is 15.0 Å². The molecular formula is C20H27N3O3S2. The van der Waals surface area contributed by atoms with Gasteiger partial charge in [-0.25, -0.2) is 18.1 Å². The summed E-state index contributed by atoms with van der Waals surface area (Å²) in [4.78, 5) is 16.8. The average Bonchev–Trinajstić information content (AvgIpc) is 3.11. The number of aromatic nitrogens is 1. The first-order valence-corrected chi connectivity index (χ1v) is 12.0. The molecule has 2 N–H and O–H groups in total. The van der Waals surface area contributed by atoms with Gasteiger partial charge >= 0.3 is 0 Å². The zero-order chi connectivity index (χ0) is 20.1. The van der Waals surface area contributed by atoms with Crippen LogP contribution in [-0.4, -0.2) is 25.9 Å². The van der Waals surface area contributed by atoms with Crippen LogP contribution in [0.1, 0.15) is 60.5 Å². The molecule has 1 aromatic heterocycles. The van der Waals surface area contributed by atoms with Gasteiger partial charge in [0.15, 0.2) is 0 Å². The maximum Gasteiger partial charge on any atom is 0.240 e. The van der Waals surface area contributed by atoms with E-state index < -0.39 is 10.0 Å². The molecule has 0 aliphatic heterocycles. The van der Waals surface area contributed by atoms with Gasteiger partial charge in [-0.1, -0.05) is 6.07 Å². The normalized spacial score (nSPS) is 15.1. The predicted octanol–water partition coefficient (Wildman–Crippen LogP) is 3.27. The Hall–Kier alpha value is -1.77. The summed E-state index contributed by atoms with van der Waals surface area (Å²) in [6, 6.07) is 5.26. The molecule has 152 valence electrons. The van der Waals surface area contributed by atoms with E-state index in [0.717, 1.165) is 35.5 Å². The van der Waals surface area contributed by atoms with Crippen molar-refractivity contribution in [3.63, 3.8) is 0 Å². The molecule has 1 aliphatic rings. The number of nitrogens with zero attached hydrogens (tertiary/aromatic N) is 1. The number of aryl methyl sites for hydroxylation is 3. The highest BCUT2D eigenvalue weighted by Gasteiger charge is 2.18. The van der Waals surface area contributed by atoms with Crippen LogP contribution in [0.25, 0.3) is 0 Å². The van der Waals surface area contributed by atoms with E-state index in [1.54, 1.807) is 12.1 Å². The lowest BCUT2D eigenvalue weighted by molar-refractivity contribution is -0.121. The Kier molecular flexibility index (Phi) is 6.85. The molecule has 1 amide bonds. The molecule has 1 aromatic carbocycles. The van der Waals surface area contributed by atoms with Crippen LogP contribution in [0.15, 0.2) is 28.5 Å². The number of thiazole rings is 1. The number of hydrogen-bond donors (Lipinski definition) is 2. The van der Waals surface area contributed by atoms with Gasteiger partial charge in [0.05, 0.1) is 10.9 Å². The van der Waals surface area contributed by atoms with Crippen LogP contribution in [0.4, 0.5) is 0 Å². The molecule has 0 saturated carbocycles. The molecule has 28 heavy (non-hydrogen) atoms. The van der Waals surface area contributed by atoms with Crippen LogP contribution in [0.3, 0.4) is 0 Å². The lowest BCUT2D eigenvalue weighted by atomic mass is 9.92. The summed E-state index contributed by atoms with van der Waals surface area (Å²) in [7, 11) is -3.55. The van der Waals surface area contributed by atoms with E-state index in [1.165, 1.54) is 23.3 Å². The number of sulfonamides is 1. The zero-order valence-electron chi connectivity index (χ0n) is 16.3. The highest BCUT2D eigenvalue weighted by Crippen LogP contribution is 2.24. The first kappa shape index (κ1) is 21.0. The lowest BCUT2D eigenvalue weighted by Gasteiger charge is -2.16. The highest BCUT2D eigenvalue weighted by molar-refractivity contribution is 7.89. The molecule has 3 rings (SSSR count). The summed E-state index contributed by atoms with van der Waals surface area (Å²) in [5, 5.41) is 5.73. The van der Waals surface area contributed by atoms with Gasteiger partial charge in [-0.3, -0.25) is 4.79 Å².